The van der Waals surface area contributed by atoms with Crippen LogP contribution in [0.2, 0.25) is 5.02 Å². The summed E-state index contributed by atoms with van der Waals surface area (Å²) in [6.07, 6.45) is -1.61. The largest absolute Gasteiger partial charge is 0.496 e. The third kappa shape index (κ3) is 3.18. The second-order valence-corrected chi connectivity index (χ2v) is 5.00. The van der Waals surface area contributed by atoms with Gasteiger partial charge in [0.1, 0.15) is 5.75 Å². The molecule has 0 spiro atoms. The number of methoxy groups -OCH3 is 1. The Morgan fingerprint density at radius 1 is 1.42 bits per heavy atom. The Kier molecular flexibility index (Phi) is 4.29. The van der Waals surface area contributed by atoms with Gasteiger partial charge in [-0.2, -0.15) is 0 Å². The van der Waals surface area contributed by atoms with Crippen LogP contribution in [0.25, 0.3) is 0 Å². The lowest BCUT2D eigenvalue weighted by Crippen LogP contribution is -2.31. The van der Waals surface area contributed by atoms with Gasteiger partial charge in [-0.25, -0.2) is 0 Å². The topological polar surface area (TPSA) is 70.0 Å². The predicted octanol–water partition coefficient (Wildman–Crippen LogP) is 0.455. The molecule has 0 aliphatic carbocycles. The minimum Gasteiger partial charge on any atom is -0.496 e. The van der Waals surface area contributed by atoms with Crippen molar-refractivity contribution in [3.63, 3.8) is 0 Å². The highest BCUT2D eigenvalue weighted by Gasteiger charge is 2.32. The molecule has 0 bridgehead atoms. The molecule has 1 aliphatic heterocycles. The van der Waals surface area contributed by atoms with Crippen LogP contribution in [-0.4, -0.2) is 53.4 Å². The van der Waals surface area contributed by atoms with Crippen molar-refractivity contribution in [3.8, 4) is 5.75 Å². The fourth-order valence-electron chi connectivity index (χ4n) is 2.13. The van der Waals surface area contributed by atoms with Crippen LogP contribution in [0.4, 0.5) is 0 Å². The molecule has 0 unspecified atom stereocenters. The van der Waals surface area contributed by atoms with E-state index < -0.39 is 12.2 Å². The van der Waals surface area contributed by atoms with E-state index in [2.05, 4.69) is 0 Å². The standard InChI is InChI=1S/C13H16ClNO4/c1-19-12-3-2-9(14)4-8(12)5-13(18)15-6-10(16)11(17)7-15/h2-4,10-11,16-17H,5-7H2,1H3/t10-,11+. The molecular weight excluding hydrogens is 270 g/mol. The van der Waals surface area contributed by atoms with Gasteiger partial charge in [-0.1, -0.05) is 11.6 Å². The lowest BCUT2D eigenvalue weighted by molar-refractivity contribution is -0.130. The van der Waals surface area contributed by atoms with Crippen molar-refractivity contribution in [2.24, 2.45) is 0 Å². The smallest absolute Gasteiger partial charge is 0.227 e. The van der Waals surface area contributed by atoms with Crippen LogP contribution in [0.3, 0.4) is 0 Å². The van der Waals surface area contributed by atoms with E-state index in [4.69, 9.17) is 16.3 Å². The van der Waals surface area contributed by atoms with Gasteiger partial charge in [-0.3, -0.25) is 4.79 Å². The van der Waals surface area contributed by atoms with Crippen molar-refractivity contribution in [2.75, 3.05) is 20.2 Å². The molecular formula is C13H16ClNO4. The highest BCUT2D eigenvalue weighted by molar-refractivity contribution is 6.30. The number of aliphatic hydroxyl groups is 2. The van der Waals surface area contributed by atoms with E-state index in [0.717, 1.165) is 0 Å². The average molecular weight is 286 g/mol. The minimum absolute atomic E-state index is 0.128. The number of β-amino-alcohol motifs (C(OH)–C–C–N with tert-alkyl or cyclic N) is 2. The first kappa shape index (κ1) is 14.1. The maximum Gasteiger partial charge on any atom is 0.227 e. The van der Waals surface area contributed by atoms with Crippen molar-refractivity contribution >= 4 is 17.5 Å². The number of ether oxygens (including phenoxy) is 1. The molecule has 0 aromatic heterocycles. The summed E-state index contributed by atoms with van der Waals surface area (Å²) in [5, 5.41) is 19.4. The van der Waals surface area contributed by atoms with Crippen molar-refractivity contribution in [1.82, 2.24) is 4.90 Å². The Balaban J connectivity index is 2.09. The quantitative estimate of drug-likeness (QED) is 0.846. The summed E-state index contributed by atoms with van der Waals surface area (Å²) in [7, 11) is 1.53. The Morgan fingerprint density at radius 3 is 2.63 bits per heavy atom. The summed E-state index contributed by atoms with van der Waals surface area (Å²) in [5.74, 6) is 0.425. The number of aliphatic hydroxyl groups excluding tert-OH is 2. The summed E-state index contributed by atoms with van der Waals surface area (Å²) in [4.78, 5) is 13.5. The van der Waals surface area contributed by atoms with E-state index in [1.165, 1.54) is 12.0 Å². The van der Waals surface area contributed by atoms with Crippen molar-refractivity contribution in [3.05, 3.63) is 28.8 Å². The van der Waals surface area contributed by atoms with Gasteiger partial charge in [0.2, 0.25) is 5.91 Å². The second kappa shape index (κ2) is 5.77. The van der Waals surface area contributed by atoms with Gasteiger partial charge in [0.05, 0.1) is 25.7 Å². The summed E-state index contributed by atoms with van der Waals surface area (Å²) in [5.41, 5.74) is 0.691. The molecule has 2 rings (SSSR count). The zero-order valence-corrected chi connectivity index (χ0v) is 11.3. The zero-order chi connectivity index (χ0) is 14.0. The fraction of sp³-hybridized carbons (Fsp3) is 0.462. The van der Waals surface area contributed by atoms with E-state index in [9.17, 15) is 15.0 Å². The maximum atomic E-state index is 12.1. The van der Waals surface area contributed by atoms with Gasteiger partial charge in [0, 0.05) is 23.7 Å². The number of halogens is 1. The minimum atomic E-state index is -0.870. The van der Waals surface area contributed by atoms with Crippen molar-refractivity contribution in [2.45, 2.75) is 18.6 Å². The summed E-state index contributed by atoms with van der Waals surface area (Å²) < 4.78 is 5.18. The molecule has 1 aliphatic rings. The SMILES string of the molecule is COc1ccc(Cl)cc1CC(=O)N1C[C@@H](O)[C@@H](O)C1. The molecule has 2 atom stereocenters. The highest BCUT2D eigenvalue weighted by Crippen LogP contribution is 2.24. The van der Waals surface area contributed by atoms with E-state index in [1.54, 1.807) is 18.2 Å². The number of hydrogen-bond donors (Lipinski definition) is 2. The predicted molar refractivity (Wildman–Crippen MR) is 70.3 cm³/mol. The molecule has 1 aromatic carbocycles. The highest BCUT2D eigenvalue weighted by atomic mass is 35.5. The summed E-state index contributed by atoms with van der Waals surface area (Å²) >= 11 is 5.90. The van der Waals surface area contributed by atoms with Gasteiger partial charge in [0.15, 0.2) is 0 Å². The van der Waals surface area contributed by atoms with Gasteiger partial charge in [-0.15, -0.1) is 0 Å². The van der Waals surface area contributed by atoms with Gasteiger partial charge in [-0.05, 0) is 18.2 Å². The number of nitrogens with zero attached hydrogens (tertiary/aromatic N) is 1. The molecule has 19 heavy (non-hydrogen) atoms. The molecule has 5 nitrogen and oxygen atoms in total. The molecule has 104 valence electrons. The van der Waals surface area contributed by atoms with E-state index in [1.807, 2.05) is 0 Å². The number of carbonyl (C=O) groups is 1. The first-order chi connectivity index (χ1) is 9.01. The number of hydrogen-bond acceptors (Lipinski definition) is 4. The third-order valence-corrected chi connectivity index (χ3v) is 3.43. The first-order valence-electron chi connectivity index (χ1n) is 5.97. The van der Waals surface area contributed by atoms with E-state index in [0.29, 0.717) is 16.3 Å². The summed E-state index contributed by atoms with van der Waals surface area (Å²) in [6, 6.07) is 5.08. The van der Waals surface area contributed by atoms with Gasteiger partial charge in [0.25, 0.3) is 0 Å². The zero-order valence-electron chi connectivity index (χ0n) is 10.5. The van der Waals surface area contributed by atoms with Gasteiger partial charge >= 0.3 is 0 Å². The maximum absolute atomic E-state index is 12.1. The fourth-order valence-corrected chi connectivity index (χ4v) is 2.33. The molecule has 1 fully saturated rings. The van der Waals surface area contributed by atoms with Crippen molar-refractivity contribution in [1.29, 1.82) is 0 Å². The number of amides is 1. The number of carbonyl (C=O) groups excluding carboxylic acids is 1. The van der Waals surface area contributed by atoms with E-state index in [-0.39, 0.29) is 25.4 Å². The molecule has 1 aromatic rings. The molecule has 0 saturated carbocycles. The van der Waals surface area contributed by atoms with Crippen LogP contribution in [-0.2, 0) is 11.2 Å². The Morgan fingerprint density at radius 2 is 2.05 bits per heavy atom. The van der Waals surface area contributed by atoms with Crippen LogP contribution in [0.5, 0.6) is 5.75 Å². The van der Waals surface area contributed by atoms with E-state index >= 15 is 0 Å². The number of likely N-dealkylation sites (tertiary alicyclic amines) is 1. The monoisotopic (exact) mass is 285 g/mol. The third-order valence-electron chi connectivity index (χ3n) is 3.20. The van der Waals surface area contributed by atoms with Crippen LogP contribution in [0, 0.1) is 0 Å². The van der Waals surface area contributed by atoms with Gasteiger partial charge < -0.3 is 19.8 Å². The van der Waals surface area contributed by atoms with Crippen LogP contribution < -0.4 is 4.74 Å². The van der Waals surface area contributed by atoms with Crippen LogP contribution >= 0.6 is 11.6 Å². The average Bonchev–Trinajstić information content (AvgIpc) is 2.70. The molecule has 1 heterocycles. The Labute approximate surface area is 116 Å². The molecule has 1 amide bonds. The van der Waals surface area contributed by atoms with Crippen LogP contribution in [0.1, 0.15) is 5.56 Å². The van der Waals surface area contributed by atoms with Crippen LogP contribution in [0.15, 0.2) is 18.2 Å². The Hall–Kier alpha value is -1.30. The number of benzene rings is 1. The molecule has 1 saturated heterocycles. The van der Waals surface area contributed by atoms with Crippen molar-refractivity contribution < 1.29 is 19.7 Å². The molecule has 2 N–H and O–H groups in total. The molecule has 0 radical (unpaired) electrons. The number of rotatable bonds is 3. The second-order valence-electron chi connectivity index (χ2n) is 4.57. The molecule has 6 heteroatoms. The Bertz CT molecular complexity index is 470. The lowest BCUT2D eigenvalue weighted by Gasteiger charge is -2.16. The summed E-state index contributed by atoms with van der Waals surface area (Å²) in [6.45, 7) is 0.311. The first-order valence-corrected chi connectivity index (χ1v) is 6.35. The normalized spacial score (nSPS) is 22.6. The lowest BCUT2D eigenvalue weighted by atomic mass is 10.1.